The second kappa shape index (κ2) is 4.83. The Bertz CT molecular complexity index is 220. The molecule has 0 bridgehead atoms. The Morgan fingerprint density at radius 2 is 1.73 bits per heavy atom. The lowest BCUT2D eigenvalue weighted by molar-refractivity contribution is -0.132. The molecule has 0 spiro atoms. The zero-order valence-electron chi connectivity index (χ0n) is 9.33. The minimum Gasteiger partial charge on any atom is -0.350 e. The van der Waals surface area contributed by atoms with E-state index in [-0.39, 0.29) is 0 Å². The first-order chi connectivity index (χ1) is 6.51. The van der Waals surface area contributed by atoms with Gasteiger partial charge in [-0.3, -0.25) is 10.1 Å². The maximum atomic E-state index is 11.8. The summed E-state index contributed by atoms with van der Waals surface area (Å²) in [5, 5.41) is 4.69. The van der Waals surface area contributed by atoms with Crippen LogP contribution in [-0.2, 0) is 4.79 Å². The van der Waals surface area contributed by atoms with Gasteiger partial charge in [-0.1, -0.05) is 0 Å². The number of hydrogen-bond acceptors (Lipinski definition) is 2. The lowest BCUT2D eigenvalue weighted by Crippen LogP contribution is -2.51. The van der Waals surface area contributed by atoms with Crippen LogP contribution in [0.15, 0.2) is 0 Å². The van der Waals surface area contributed by atoms with Gasteiger partial charge in [0.05, 0.1) is 12.6 Å². The van der Waals surface area contributed by atoms with Gasteiger partial charge in [0.15, 0.2) is 0 Å². The molecular weight excluding hydrogens is 209 g/mol. The number of amides is 1. The largest absolute Gasteiger partial charge is 0.401 e. The van der Waals surface area contributed by atoms with Crippen LogP contribution < -0.4 is 10.6 Å². The third kappa shape index (κ3) is 8.23. The van der Waals surface area contributed by atoms with Crippen molar-refractivity contribution in [1.29, 1.82) is 0 Å². The predicted octanol–water partition coefficient (Wildman–Crippen LogP) is 1.44. The topological polar surface area (TPSA) is 41.1 Å². The van der Waals surface area contributed by atoms with Crippen molar-refractivity contribution in [3.8, 4) is 0 Å². The van der Waals surface area contributed by atoms with E-state index in [9.17, 15) is 18.0 Å². The van der Waals surface area contributed by atoms with E-state index in [1.165, 1.54) is 6.92 Å². The van der Waals surface area contributed by atoms with Gasteiger partial charge >= 0.3 is 6.18 Å². The normalized spacial score (nSPS) is 14.9. The number of alkyl halides is 3. The summed E-state index contributed by atoms with van der Waals surface area (Å²) in [7, 11) is 0. The van der Waals surface area contributed by atoms with Crippen LogP contribution >= 0.6 is 0 Å². The van der Waals surface area contributed by atoms with Crippen LogP contribution in [0.5, 0.6) is 0 Å². The van der Waals surface area contributed by atoms with Crippen molar-refractivity contribution in [3.05, 3.63) is 0 Å². The molecule has 0 rings (SSSR count). The molecule has 0 aliphatic rings. The fourth-order valence-corrected chi connectivity index (χ4v) is 0.839. The summed E-state index contributed by atoms with van der Waals surface area (Å²) in [5.74, 6) is -0.438. The Balaban J connectivity index is 4.01. The summed E-state index contributed by atoms with van der Waals surface area (Å²) in [6, 6.07) is -0.856. The first-order valence-electron chi connectivity index (χ1n) is 4.63. The van der Waals surface area contributed by atoms with E-state index in [1.807, 2.05) is 0 Å². The quantitative estimate of drug-likeness (QED) is 0.764. The molecule has 1 amide bonds. The highest BCUT2D eigenvalue weighted by Crippen LogP contribution is 2.12. The standard InChI is InChI=1S/C9H17F3N2O/c1-6(13-5-9(10,11)12)7(15)14-8(2,3)4/h6,13H,5H2,1-4H3,(H,14,15). The van der Waals surface area contributed by atoms with Gasteiger partial charge in [0, 0.05) is 5.54 Å². The Kier molecular flexibility index (Phi) is 4.58. The molecule has 1 atom stereocenters. The lowest BCUT2D eigenvalue weighted by Gasteiger charge is -2.23. The van der Waals surface area contributed by atoms with Crippen LogP contribution in [0.2, 0.25) is 0 Å². The second-order valence-corrected chi connectivity index (χ2v) is 4.46. The number of carbonyl (C=O) groups excluding carboxylic acids is 1. The molecule has 0 aromatic heterocycles. The smallest absolute Gasteiger partial charge is 0.350 e. The number of halogens is 3. The van der Waals surface area contributed by atoms with E-state index in [2.05, 4.69) is 10.6 Å². The first kappa shape index (κ1) is 14.2. The summed E-state index contributed by atoms with van der Waals surface area (Å²) >= 11 is 0. The minimum absolute atomic E-state index is 0.438. The van der Waals surface area contributed by atoms with Crippen LogP contribution in [0.25, 0.3) is 0 Å². The van der Waals surface area contributed by atoms with Crippen LogP contribution in [-0.4, -0.2) is 30.2 Å². The fourth-order valence-electron chi connectivity index (χ4n) is 0.839. The molecule has 0 aromatic carbocycles. The molecule has 0 saturated heterocycles. The van der Waals surface area contributed by atoms with E-state index in [4.69, 9.17) is 0 Å². The van der Waals surface area contributed by atoms with Crippen molar-refractivity contribution >= 4 is 5.91 Å². The zero-order valence-corrected chi connectivity index (χ0v) is 9.33. The summed E-state index contributed by atoms with van der Waals surface area (Å²) in [5.41, 5.74) is -0.439. The van der Waals surface area contributed by atoms with Crippen molar-refractivity contribution in [2.75, 3.05) is 6.54 Å². The van der Waals surface area contributed by atoms with E-state index in [0.29, 0.717) is 0 Å². The molecule has 3 nitrogen and oxygen atoms in total. The lowest BCUT2D eigenvalue weighted by atomic mass is 10.1. The van der Waals surface area contributed by atoms with Crippen molar-refractivity contribution in [2.24, 2.45) is 0 Å². The van der Waals surface area contributed by atoms with Gasteiger partial charge in [0.1, 0.15) is 0 Å². The first-order valence-corrected chi connectivity index (χ1v) is 4.63. The monoisotopic (exact) mass is 226 g/mol. The maximum Gasteiger partial charge on any atom is 0.401 e. The zero-order chi connectivity index (χ0) is 12.3. The van der Waals surface area contributed by atoms with Gasteiger partial charge in [-0.05, 0) is 27.7 Å². The highest BCUT2D eigenvalue weighted by molar-refractivity contribution is 5.81. The third-order valence-corrected chi connectivity index (χ3v) is 1.50. The van der Waals surface area contributed by atoms with Crippen LogP contribution in [0.4, 0.5) is 13.2 Å². The molecule has 2 N–H and O–H groups in total. The molecule has 0 aliphatic carbocycles. The molecule has 6 heteroatoms. The van der Waals surface area contributed by atoms with Crippen molar-refractivity contribution < 1.29 is 18.0 Å². The van der Waals surface area contributed by atoms with Gasteiger partial charge < -0.3 is 5.32 Å². The van der Waals surface area contributed by atoms with Gasteiger partial charge in [-0.15, -0.1) is 0 Å². The van der Waals surface area contributed by atoms with Gasteiger partial charge in [-0.25, -0.2) is 0 Å². The summed E-state index contributed by atoms with van der Waals surface area (Å²) in [4.78, 5) is 11.3. The van der Waals surface area contributed by atoms with E-state index in [1.54, 1.807) is 20.8 Å². The Labute approximate surface area is 87.4 Å². The minimum atomic E-state index is -4.30. The van der Waals surface area contributed by atoms with Crippen LogP contribution in [0.1, 0.15) is 27.7 Å². The van der Waals surface area contributed by atoms with E-state index < -0.39 is 30.2 Å². The van der Waals surface area contributed by atoms with E-state index >= 15 is 0 Å². The molecule has 0 fully saturated rings. The molecule has 1 unspecified atom stereocenters. The van der Waals surface area contributed by atoms with Crippen molar-refractivity contribution in [1.82, 2.24) is 10.6 Å². The van der Waals surface area contributed by atoms with Crippen molar-refractivity contribution in [2.45, 2.75) is 45.5 Å². The third-order valence-electron chi connectivity index (χ3n) is 1.50. The van der Waals surface area contributed by atoms with Gasteiger partial charge in [0.2, 0.25) is 5.91 Å². The Morgan fingerprint density at radius 3 is 2.07 bits per heavy atom. The molecule has 0 aromatic rings. The highest BCUT2D eigenvalue weighted by Gasteiger charge is 2.29. The maximum absolute atomic E-state index is 11.8. The van der Waals surface area contributed by atoms with Gasteiger partial charge in [-0.2, -0.15) is 13.2 Å². The second-order valence-electron chi connectivity index (χ2n) is 4.46. The van der Waals surface area contributed by atoms with Crippen molar-refractivity contribution in [3.63, 3.8) is 0 Å². The predicted molar refractivity (Wildman–Crippen MR) is 51.4 cm³/mol. The molecule has 15 heavy (non-hydrogen) atoms. The number of nitrogens with one attached hydrogen (secondary N) is 2. The van der Waals surface area contributed by atoms with Gasteiger partial charge in [0.25, 0.3) is 0 Å². The number of carbonyl (C=O) groups is 1. The summed E-state index contributed by atoms with van der Waals surface area (Å²) in [6.07, 6.45) is -4.30. The number of hydrogen-bond donors (Lipinski definition) is 2. The average Bonchev–Trinajstić information content (AvgIpc) is 1.95. The average molecular weight is 226 g/mol. The highest BCUT2D eigenvalue weighted by atomic mass is 19.4. The molecule has 0 heterocycles. The molecule has 0 saturated carbocycles. The Morgan fingerprint density at radius 1 is 1.27 bits per heavy atom. The van der Waals surface area contributed by atoms with Crippen LogP contribution in [0.3, 0.4) is 0 Å². The van der Waals surface area contributed by atoms with E-state index in [0.717, 1.165) is 0 Å². The SMILES string of the molecule is CC(NCC(F)(F)F)C(=O)NC(C)(C)C. The molecular formula is C9H17F3N2O. The molecule has 90 valence electrons. The summed E-state index contributed by atoms with van der Waals surface area (Å²) in [6.45, 7) is 5.53. The van der Waals surface area contributed by atoms with Crippen LogP contribution in [0, 0.1) is 0 Å². The molecule has 0 aliphatic heterocycles. The fraction of sp³-hybridized carbons (Fsp3) is 0.889. The Hall–Kier alpha value is -0.780. The molecule has 0 radical (unpaired) electrons. The summed E-state index contributed by atoms with van der Waals surface area (Å²) < 4.78 is 35.5. The number of rotatable bonds is 3.